The lowest BCUT2D eigenvalue weighted by Gasteiger charge is -1.94. The zero-order chi connectivity index (χ0) is 14.6. The predicted molar refractivity (Wildman–Crippen MR) is 85.1 cm³/mol. The highest BCUT2D eigenvalue weighted by atomic mass is 32.1. The van der Waals surface area contributed by atoms with Crippen molar-refractivity contribution in [3.8, 4) is 0 Å². The van der Waals surface area contributed by atoms with Crippen LogP contribution in [0.4, 0.5) is 0 Å². The van der Waals surface area contributed by atoms with Crippen LogP contribution < -0.4 is 0 Å². The van der Waals surface area contributed by atoms with Gasteiger partial charge in [0.25, 0.3) is 4.84 Å². The molecule has 0 amide bonds. The fourth-order valence-electron chi connectivity index (χ4n) is 1.10. The second kappa shape index (κ2) is 12.1. The summed E-state index contributed by atoms with van der Waals surface area (Å²) in [5.74, 6) is 0.669. The molecule has 1 aromatic heterocycles. The molecule has 0 atom stereocenters. The Balaban J connectivity index is 0. The van der Waals surface area contributed by atoms with Crippen LogP contribution in [-0.2, 0) is 0 Å². The number of oxazole rings is 1. The third kappa shape index (κ3) is 6.40. The third-order valence-corrected chi connectivity index (χ3v) is 2.08. The maximum atomic E-state index is 5.22. The molecule has 0 fully saturated rings. The van der Waals surface area contributed by atoms with Crippen LogP contribution in [0.5, 0.6) is 0 Å². The van der Waals surface area contributed by atoms with Crippen molar-refractivity contribution in [3.05, 3.63) is 41.1 Å². The average molecular weight is 267 g/mol. The second-order valence-electron chi connectivity index (χ2n) is 2.77. The number of aromatic nitrogens is 1. The Labute approximate surface area is 116 Å². The Hall–Kier alpha value is -1.35. The van der Waals surface area contributed by atoms with Gasteiger partial charge in [0.05, 0.1) is 5.69 Å². The molecule has 1 aromatic rings. The van der Waals surface area contributed by atoms with Crippen LogP contribution in [-0.4, -0.2) is 4.98 Å². The molecule has 102 valence electrons. The summed E-state index contributed by atoms with van der Waals surface area (Å²) in [6, 6.07) is 0. The molecule has 2 nitrogen and oxygen atoms in total. The van der Waals surface area contributed by atoms with E-state index in [1.165, 1.54) is 0 Å². The molecule has 0 aliphatic rings. The van der Waals surface area contributed by atoms with E-state index in [9.17, 15) is 0 Å². The van der Waals surface area contributed by atoms with E-state index in [0.717, 1.165) is 17.7 Å². The van der Waals surface area contributed by atoms with Gasteiger partial charge in [-0.3, -0.25) is 0 Å². The number of nitrogens with one attached hydrogen (secondary N) is 1. The van der Waals surface area contributed by atoms with Crippen LogP contribution in [0.2, 0.25) is 0 Å². The molecule has 0 saturated heterocycles. The molecular formula is C15H25NOS. The van der Waals surface area contributed by atoms with E-state index in [2.05, 4.69) is 25.1 Å². The summed E-state index contributed by atoms with van der Waals surface area (Å²) in [4.78, 5) is 3.31. The molecule has 1 N–H and O–H groups in total. The second-order valence-corrected chi connectivity index (χ2v) is 3.14. The number of aromatic amines is 1. The fraction of sp³-hybridized carbons (Fsp3) is 0.400. The quantitative estimate of drug-likeness (QED) is 0.534. The van der Waals surface area contributed by atoms with Gasteiger partial charge in [-0.1, -0.05) is 53.9 Å². The molecule has 3 heteroatoms. The average Bonchev–Trinajstić information content (AvgIpc) is 2.80. The minimum atomic E-state index is 0.366. The predicted octanol–water partition coefficient (Wildman–Crippen LogP) is 6.01. The zero-order valence-corrected chi connectivity index (χ0v) is 13.0. The minimum Gasteiger partial charge on any atom is -0.429 e. The largest absolute Gasteiger partial charge is 0.429 e. The Morgan fingerprint density at radius 3 is 2.22 bits per heavy atom. The summed E-state index contributed by atoms with van der Waals surface area (Å²) >= 11 is 4.89. The van der Waals surface area contributed by atoms with Gasteiger partial charge in [-0.05, 0) is 36.4 Å². The van der Waals surface area contributed by atoms with E-state index in [1.807, 2.05) is 39.8 Å². The molecular weight excluding hydrogens is 242 g/mol. The van der Waals surface area contributed by atoms with Gasteiger partial charge >= 0.3 is 0 Å². The molecule has 0 saturated carbocycles. The highest BCUT2D eigenvalue weighted by Crippen LogP contribution is 2.15. The number of allylic oxidation sites excluding steroid dienone is 2. The van der Waals surface area contributed by atoms with Crippen molar-refractivity contribution >= 4 is 24.4 Å². The van der Waals surface area contributed by atoms with Crippen molar-refractivity contribution in [2.24, 2.45) is 0 Å². The van der Waals surface area contributed by atoms with Crippen LogP contribution in [0.3, 0.4) is 0 Å². The number of hydrogen-bond acceptors (Lipinski definition) is 2. The molecule has 1 heterocycles. The van der Waals surface area contributed by atoms with E-state index in [-0.39, 0.29) is 0 Å². The highest BCUT2D eigenvalue weighted by molar-refractivity contribution is 7.71. The third-order valence-electron chi connectivity index (χ3n) is 1.89. The lowest BCUT2D eigenvalue weighted by atomic mass is 10.1. The van der Waals surface area contributed by atoms with E-state index in [0.29, 0.717) is 10.6 Å². The van der Waals surface area contributed by atoms with Gasteiger partial charge in [0.2, 0.25) is 0 Å². The first kappa shape index (κ1) is 19.0. The normalized spacial score (nSPS) is 9.50. The molecule has 18 heavy (non-hydrogen) atoms. The summed E-state index contributed by atoms with van der Waals surface area (Å²) in [5, 5.41) is 0. The van der Waals surface area contributed by atoms with Crippen LogP contribution >= 0.6 is 12.2 Å². The maximum Gasteiger partial charge on any atom is 0.266 e. The van der Waals surface area contributed by atoms with Gasteiger partial charge in [0, 0.05) is 0 Å². The molecule has 0 aliphatic carbocycles. The molecule has 0 aromatic carbocycles. The molecule has 0 radical (unpaired) electrons. The SMILES string of the molecule is C=C/C(=C\c1[nH]c(=S)oc1C=C)CC.CC.CC. The molecule has 1 rings (SSSR count). The zero-order valence-electron chi connectivity index (χ0n) is 12.2. The van der Waals surface area contributed by atoms with Gasteiger partial charge in [-0.2, -0.15) is 0 Å². The van der Waals surface area contributed by atoms with Crippen molar-refractivity contribution in [1.82, 2.24) is 4.98 Å². The van der Waals surface area contributed by atoms with Gasteiger partial charge in [-0.15, -0.1) is 0 Å². The van der Waals surface area contributed by atoms with Crippen molar-refractivity contribution < 1.29 is 4.42 Å². The first-order valence-electron chi connectivity index (χ1n) is 6.39. The van der Waals surface area contributed by atoms with E-state index in [4.69, 9.17) is 16.6 Å². The fourth-order valence-corrected chi connectivity index (χ4v) is 1.30. The lowest BCUT2D eigenvalue weighted by molar-refractivity contribution is 0.531. The standard InChI is InChI=1S/C11H13NOS.2C2H6/c1-4-8(5-2)7-9-10(6-3)13-11(14)12-9;2*1-2/h4,6-7H,1,3,5H2,2H3,(H,12,14);2*1-2H3/b8-7+;;. The minimum absolute atomic E-state index is 0.366. The number of rotatable bonds is 4. The topological polar surface area (TPSA) is 28.9 Å². The van der Waals surface area contributed by atoms with Crippen molar-refractivity contribution in [2.75, 3.05) is 0 Å². The first-order chi connectivity index (χ1) is 8.71. The summed E-state index contributed by atoms with van der Waals surface area (Å²) in [5.41, 5.74) is 1.97. The summed E-state index contributed by atoms with van der Waals surface area (Å²) in [7, 11) is 0. The maximum absolute atomic E-state index is 5.22. The molecule has 0 bridgehead atoms. The van der Waals surface area contributed by atoms with Gasteiger partial charge < -0.3 is 9.40 Å². The van der Waals surface area contributed by atoms with Crippen molar-refractivity contribution in [3.63, 3.8) is 0 Å². The monoisotopic (exact) mass is 267 g/mol. The molecule has 0 unspecified atom stereocenters. The van der Waals surface area contributed by atoms with Crippen LogP contribution in [0.15, 0.2) is 29.2 Å². The Kier molecular flexibility index (Phi) is 12.8. The van der Waals surface area contributed by atoms with Gasteiger partial charge in [0.1, 0.15) is 0 Å². The number of H-pyrrole nitrogens is 1. The summed E-state index contributed by atoms with van der Waals surface area (Å²) < 4.78 is 5.22. The summed E-state index contributed by atoms with van der Waals surface area (Å²) in [6.07, 6.45) is 6.33. The molecule has 0 aliphatic heterocycles. The van der Waals surface area contributed by atoms with Crippen LogP contribution in [0.25, 0.3) is 12.2 Å². The Morgan fingerprint density at radius 1 is 1.28 bits per heavy atom. The summed E-state index contributed by atoms with van der Waals surface area (Å²) in [6.45, 7) is 17.4. The van der Waals surface area contributed by atoms with E-state index >= 15 is 0 Å². The van der Waals surface area contributed by atoms with Crippen molar-refractivity contribution in [1.29, 1.82) is 0 Å². The van der Waals surface area contributed by atoms with E-state index < -0.39 is 0 Å². The number of hydrogen-bond donors (Lipinski definition) is 1. The van der Waals surface area contributed by atoms with Gasteiger partial charge in [-0.25, -0.2) is 0 Å². The Morgan fingerprint density at radius 2 is 1.83 bits per heavy atom. The van der Waals surface area contributed by atoms with Gasteiger partial charge in [0.15, 0.2) is 5.76 Å². The van der Waals surface area contributed by atoms with Crippen LogP contribution in [0, 0.1) is 4.84 Å². The van der Waals surface area contributed by atoms with E-state index in [1.54, 1.807) is 6.08 Å². The molecule has 0 spiro atoms. The highest BCUT2D eigenvalue weighted by Gasteiger charge is 2.01. The lowest BCUT2D eigenvalue weighted by Crippen LogP contribution is -1.79. The van der Waals surface area contributed by atoms with Crippen molar-refractivity contribution in [2.45, 2.75) is 41.0 Å². The van der Waals surface area contributed by atoms with Crippen LogP contribution in [0.1, 0.15) is 52.5 Å². The Bertz CT molecular complexity index is 424. The smallest absolute Gasteiger partial charge is 0.266 e. The first-order valence-corrected chi connectivity index (χ1v) is 6.80.